The lowest BCUT2D eigenvalue weighted by Gasteiger charge is -2.31. The summed E-state index contributed by atoms with van der Waals surface area (Å²) in [5, 5.41) is 14.9. The van der Waals surface area contributed by atoms with Crippen molar-refractivity contribution in [3.05, 3.63) is 59.5 Å². The van der Waals surface area contributed by atoms with Crippen molar-refractivity contribution in [1.82, 2.24) is 34.9 Å². The number of fused-ring (bicyclic) bond motifs is 1. The van der Waals surface area contributed by atoms with Gasteiger partial charge < -0.3 is 20.7 Å². The number of amides is 1. The molecule has 1 fully saturated rings. The summed E-state index contributed by atoms with van der Waals surface area (Å²) in [6.45, 7) is 12.5. The number of nitrogens with zero attached hydrogens (tertiary/aromatic N) is 6. The Balaban J connectivity index is 1.30. The Morgan fingerprint density at radius 3 is 2.64 bits per heavy atom. The highest BCUT2D eigenvalue weighted by Gasteiger charge is 2.32. The summed E-state index contributed by atoms with van der Waals surface area (Å²) in [5.74, 6) is 0.450. The number of benzene rings is 1. The van der Waals surface area contributed by atoms with Gasteiger partial charge in [-0.2, -0.15) is 10.1 Å². The van der Waals surface area contributed by atoms with Crippen LogP contribution < -0.4 is 16.0 Å². The van der Waals surface area contributed by atoms with E-state index in [1.807, 2.05) is 45.0 Å². The van der Waals surface area contributed by atoms with Crippen LogP contribution in [0, 0.1) is 6.92 Å². The molecule has 232 valence electrons. The fourth-order valence-electron chi connectivity index (χ4n) is 5.57. The number of carbonyl (C=O) groups is 2. The number of pyridine rings is 1. The molecule has 1 aliphatic rings. The van der Waals surface area contributed by atoms with Crippen molar-refractivity contribution < 1.29 is 14.3 Å². The minimum absolute atomic E-state index is 0.165. The maximum absolute atomic E-state index is 13.0. The zero-order valence-electron chi connectivity index (χ0n) is 26.5. The van der Waals surface area contributed by atoms with Crippen molar-refractivity contribution in [1.29, 1.82) is 0 Å². The van der Waals surface area contributed by atoms with Gasteiger partial charge >= 0.3 is 5.97 Å². The number of methoxy groups -OCH3 is 1. The minimum atomic E-state index is -0.810. The number of nitrogens with one attached hydrogen (secondary N) is 3. The van der Waals surface area contributed by atoms with Gasteiger partial charge in [0.25, 0.3) is 5.91 Å². The fourth-order valence-corrected chi connectivity index (χ4v) is 5.57. The van der Waals surface area contributed by atoms with E-state index in [-0.39, 0.29) is 17.4 Å². The number of likely N-dealkylation sites (tertiary alicyclic amines) is 1. The molecule has 0 saturated carbocycles. The molecule has 0 spiro atoms. The van der Waals surface area contributed by atoms with Gasteiger partial charge in [-0.1, -0.05) is 12.1 Å². The molecule has 5 rings (SSSR count). The fraction of sp³-hybridized carbons (Fsp3) is 0.438. The average Bonchev–Trinajstić information content (AvgIpc) is 3.50. The molecule has 0 radical (unpaired) electrons. The van der Waals surface area contributed by atoms with Crippen LogP contribution in [0.1, 0.15) is 62.2 Å². The highest BCUT2D eigenvalue weighted by Crippen LogP contribution is 2.30. The van der Waals surface area contributed by atoms with Gasteiger partial charge in [0.2, 0.25) is 5.95 Å². The Hall–Kier alpha value is -4.58. The van der Waals surface area contributed by atoms with Gasteiger partial charge in [0.05, 0.1) is 34.9 Å². The third kappa shape index (κ3) is 6.35. The van der Waals surface area contributed by atoms with Crippen molar-refractivity contribution in [2.75, 3.05) is 37.4 Å². The smallest absolute Gasteiger partial charge is 0.315 e. The number of hydrogen-bond acceptors (Lipinski definition) is 10. The van der Waals surface area contributed by atoms with Crippen molar-refractivity contribution >= 4 is 46.1 Å². The molecule has 0 aliphatic carbocycles. The van der Waals surface area contributed by atoms with E-state index in [1.54, 1.807) is 30.2 Å². The van der Waals surface area contributed by atoms with Crippen LogP contribution in [-0.2, 0) is 22.0 Å². The highest BCUT2D eigenvalue weighted by atomic mass is 16.5. The van der Waals surface area contributed by atoms with E-state index in [0.717, 1.165) is 30.0 Å². The molecule has 4 aromatic rings. The summed E-state index contributed by atoms with van der Waals surface area (Å²) in [4.78, 5) is 41.3. The van der Waals surface area contributed by atoms with Crippen LogP contribution in [0.4, 0.5) is 23.1 Å². The molecule has 3 aromatic heterocycles. The largest absolute Gasteiger partial charge is 0.468 e. The van der Waals surface area contributed by atoms with Crippen LogP contribution in [0.3, 0.4) is 0 Å². The van der Waals surface area contributed by atoms with Gasteiger partial charge in [0.1, 0.15) is 0 Å². The lowest BCUT2D eigenvalue weighted by molar-refractivity contribution is -0.146. The molecule has 1 saturated heterocycles. The van der Waals surface area contributed by atoms with Crippen molar-refractivity contribution in [3.63, 3.8) is 0 Å². The second-order valence-electron chi connectivity index (χ2n) is 12.4. The maximum Gasteiger partial charge on any atom is 0.315 e. The molecule has 12 heteroatoms. The highest BCUT2D eigenvalue weighted by molar-refractivity contribution is 5.96. The lowest BCUT2D eigenvalue weighted by Crippen LogP contribution is -2.43. The van der Waals surface area contributed by atoms with Crippen molar-refractivity contribution in [2.24, 2.45) is 7.05 Å². The summed E-state index contributed by atoms with van der Waals surface area (Å²) < 4.78 is 6.64. The monoisotopic (exact) mass is 599 g/mol. The first-order valence-electron chi connectivity index (χ1n) is 14.8. The predicted octanol–water partition coefficient (Wildman–Crippen LogP) is 4.61. The average molecular weight is 600 g/mol. The van der Waals surface area contributed by atoms with Gasteiger partial charge in [0.15, 0.2) is 11.5 Å². The van der Waals surface area contributed by atoms with E-state index >= 15 is 0 Å². The molecule has 0 bridgehead atoms. The summed E-state index contributed by atoms with van der Waals surface area (Å²) >= 11 is 0. The number of ether oxygens (including phenoxy) is 1. The summed E-state index contributed by atoms with van der Waals surface area (Å²) in [5.41, 5.74) is 3.39. The Labute approximate surface area is 257 Å². The quantitative estimate of drug-likeness (QED) is 0.222. The first-order valence-corrected chi connectivity index (χ1v) is 14.8. The molecule has 44 heavy (non-hydrogen) atoms. The molecule has 1 aromatic carbocycles. The number of rotatable bonds is 10. The van der Waals surface area contributed by atoms with E-state index in [2.05, 4.69) is 54.7 Å². The molecule has 1 amide bonds. The third-order valence-corrected chi connectivity index (χ3v) is 8.46. The van der Waals surface area contributed by atoms with Gasteiger partial charge in [0, 0.05) is 43.8 Å². The SMILES string of the molecule is COC(=O)C(C)(C)c1cccc(Nc2ncc3c(Nc4cc(C(=O)NCCN5CCCC5(C)C)cnc4C)nn(C)c3n2)c1. The van der Waals surface area contributed by atoms with Crippen LogP contribution >= 0.6 is 0 Å². The van der Waals surface area contributed by atoms with E-state index < -0.39 is 5.41 Å². The first-order chi connectivity index (χ1) is 20.9. The number of anilines is 4. The standard InChI is InChI=1S/C32H41N9O3/c1-20-25(16-21(18-34-20)28(42)33-13-15-41-14-9-12-31(41,2)3)37-26-24-19-35-30(38-27(24)40(6)39-26)36-23-11-8-10-22(17-23)32(4,5)29(43)44-7/h8,10-11,16-19H,9,12-15H2,1-7H3,(H,33,42)(H,37,39)(H,35,36,38). The van der Waals surface area contributed by atoms with Crippen LogP contribution in [0.25, 0.3) is 11.0 Å². The normalized spacial score (nSPS) is 14.9. The Bertz CT molecular complexity index is 1700. The molecule has 0 unspecified atom stereocenters. The van der Waals surface area contributed by atoms with E-state index in [4.69, 9.17) is 4.74 Å². The minimum Gasteiger partial charge on any atom is -0.468 e. The van der Waals surface area contributed by atoms with Crippen LogP contribution in [0.5, 0.6) is 0 Å². The summed E-state index contributed by atoms with van der Waals surface area (Å²) in [6, 6.07) is 9.30. The predicted molar refractivity (Wildman–Crippen MR) is 171 cm³/mol. The molecule has 4 heterocycles. The van der Waals surface area contributed by atoms with Crippen LogP contribution in [-0.4, -0.2) is 73.8 Å². The van der Waals surface area contributed by atoms with Gasteiger partial charge in [-0.05, 0) is 77.8 Å². The first kappa shape index (κ1) is 30.9. The van der Waals surface area contributed by atoms with Crippen molar-refractivity contribution in [2.45, 2.75) is 58.4 Å². The number of carbonyl (C=O) groups excluding carboxylic acids is 2. The van der Waals surface area contributed by atoms with Gasteiger partial charge in [-0.3, -0.25) is 19.5 Å². The van der Waals surface area contributed by atoms with Crippen molar-refractivity contribution in [3.8, 4) is 0 Å². The zero-order chi connectivity index (χ0) is 31.6. The topological polar surface area (TPSA) is 139 Å². The van der Waals surface area contributed by atoms with Crippen LogP contribution in [0.2, 0.25) is 0 Å². The van der Waals surface area contributed by atoms with E-state index in [0.29, 0.717) is 40.6 Å². The van der Waals surface area contributed by atoms with E-state index in [9.17, 15) is 9.59 Å². The molecule has 1 aliphatic heterocycles. The molecule has 3 N–H and O–H groups in total. The zero-order valence-corrected chi connectivity index (χ0v) is 26.5. The second-order valence-corrected chi connectivity index (χ2v) is 12.4. The Morgan fingerprint density at radius 2 is 1.91 bits per heavy atom. The molecular formula is C32H41N9O3. The maximum atomic E-state index is 13.0. The number of hydrogen-bond donors (Lipinski definition) is 3. The van der Waals surface area contributed by atoms with Gasteiger partial charge in [-0.15, -0.1) is 0 Å². The third-order valence-electron chi connectivity index (χ3n) is 8.46. The molecular weight excluding hydrogens is 558 g/mol. The molecule has 12 nitrogen and oxygen atoms in total. The lowest BCUT2D eigenvalue weighted by atomic mass is 9.84. The number of esters is 1. The summed E-state index contributed by atoms with van der Waals surface area (Å²) in [6.07, 6.45) is 5.65. The van der Waals surface area contributed by atoms with Gasteiger partial charge in [-0.25, -0.2) is 9.67 Å². The van der Waals surface area contributed by atoms with E-state index in [1.165, 1.54) is 20.0 Å². The molecule has 0 atom stereocenters. The Morgan fingerprint density at radius 1 is 1.11 bits per heavy atom. The number of aryl methyl sites for hydroxylation is 2. The summed E-state index contributed by atoms with van der Waals surface area (Å²) in [7, 11) is 3.19. The second kappa shape index (κ2) is 12.2. The number of aromatic nitrogens is 5. The van der Waals surface area contributed by atoms with Crippen LogP contribution in [0.15, 0.2) is 42.7 Å². The Kier molecular flexibility index (Phi) is 8.55.